The Balaban J connectivity index is 3.94. The van der Waals surface area contributed by atoms with E-state index < -0.39 is 24.5 Å². The predicted molar refractivity (Wildman–Crippen MR) is 47.2 cm³/mol. The maximum Gasteiger partial charge on any atom is 0.400 e. The van der Waals surface area contributed by atoms with E-state index in [0.29, 0.717) is 6.42 Å². The van der Waals surface area contributed by atoms with Crippen molar-refractivity contribution >= 4 is 5.84 Å². The van der Waals surface area contributed by atoms with Crippen molar-refractivity contribution in [2.75, 3.05) is 13.2 Å². The number of unbranched alkanes of at least 4 members (excludes halogenated alkanes) is 1. The number of alkyl halides is 3. The van der Waals surface area contributed by atoms with E-state index in [4.69, 9.17) is 15.9 Å². The number of hydrogen-bond donors (Lipinski definition) is 2. The minimum Gasteiger partial charge on any atom is -0.387 e. The van der Waals surface area contributed by atoms with E-state index in [0.717, 1.165) is 6.42 Å². The number of halogens is 3. The van der Waals surface area contributed by atoms with Gasteiger partial charge in [-0.05, 0) is 6.42 Å². The van der Waals surface area contributed by atoms with E-state index in [1.54, 1.807) is 0 Å². The molecule has 0 spiro atoms. The van der Waals surface area contributed by atoms with Crippen LogP contribution in [-0.2, 0) is 4.74 Å². The summed E-state index contributed by atoms with van der Waals surface area (Å²) in [5.74, 6) is -2.87. The molecule has 0 fully saturated rings. The van der Waals surface area contributed by atoms with Crippen molar-refractivity contribution < 1.29 is 17.9 Å². The summed E-state index contributed by atoms with van der Waals surface area (Å²) in [6.45, 7) is 1.63. The Morgan fingerprint density at radius 1 is 1.50 bits per heavy atom. The van der Waals surface area contributed by atoms with Crippen molar-refractivity contribution in [3.05, 3.63) is 0 Å². The van der Waals surface area contributed by atoms with Gasteiger partial charge in [0.05, 0.1) is 6.61 Å². The molecule has 0 saturated heterocycles. The van der Waals surface area contributed by atoms with E-state index >= 15 is 0 Å². The first-order chi connectivity index (χ1) is 6.39. The van der Waals surface area contributed by atoms with Crippen molar-refractivity contribution in [2.24, 2.45) is 11.7 Å². The standard InChI is InChI=1S/C8H15F3N2O/c1-2-3-4-14-5-6(7(12)13)8(9,10)11/h6H,2-5H2,1H3,(H3,12,13). The quantitative estimate of drug-likeness (QED) is 0.401. The Morgan fingerprint density at radius 2 is 2.07 bits per heavy atom. The second kappa shape index (κ2) is 5.85. The molecule has 1 unspecified atom stereocenters. The highest BCUT2D eigenvalue weighted by Gasteiger charge is 2.41. The summed E-state index contributed by atoms with van der Waals surface area (Å²) in [5.41, 5.74) is 4.82. The smallest absolute Gasteiger partial charge is 0.387 e. The number of amidine groups is 1. The van der Waals surface area contributed by atoms with Crippen molar-refractivity contribution in [2.45, 2.75) is 25.9 Å². The van der Waals surface area contributed by atoms with Gasteiger partial charge in [0.2, 0.25) is 0 Å². The van der Waals surface area contributed by atoms with Gasteiger partial charge >= 0.3 is 6.18 Å². The number of nitrogens with two attached hydrogens (primary N) is 1. The predicted octanol–water partition coefficient (Wildman–Crippen LogP) is 1.92. The largest absolute Gasteiger partial charge is 0.400 e. The Hall–Kier alpha value is -0.780. The van der Waals surface area contributed by atoms with Gasteiger partial charge in [0, 0.05) is 6.61 Å². The number of hydrogen-bond acceptors (Lipinski definition) is 2. The average Bonchev–Trinajstić information content (AvgIpc) is 2.01. The van der Waals surface area contributed by atoms with Crippen LogP contribution in [0.2, 0.25) is 0 Å². The van der Waals surface area contributed by atoms with Gasteiger partial charge in [-0.15, -0.1) is 0 Å². The minimum atomic E-state index is -4.49. The summed E-state index contributed by atoms with van der Waals surface area (Å²) >= 11 is 0. The first-order valence-corrected chi connectivity index (χ1v) is 4.38. The van der Waals surface area contributed by atoms with Gasteiger partial charge in [0.25, 0.3) is 0 Å². The Bertz CT molecular complexity index is 182. The molecule has 0 radical (unpaired) electrons. The maximum absolute atomic E-state index is 12.2. The molecule has 0 aliphatic rings. The molecule has 14 heavy (non-hydrogen) atoms. The van der Waals surface area contributed by atoms with Crippen LogP contribution in [0, 0.1) is 11.3 Å². The third-order valence-corrected chi connectivity index (χ3v) is 1.70. The Labute approximate surface area is 80.9 Å². The zero-order chi connectivity index (χ0) is 11.2. The second-order valence-corrected chi connectivity index (χ2v) is 2.98. The van der Waals surface area contributed by atoms with Gasteiger partial charge in [-0.25, -0.2) is 0 Å². The van der Waals surface area contributed by atoms with Crippen molar-refractivity contribution in [3.8, 4) is 0 Å². The highest BCUT2D eigenvalue weighted by atomic mass is 19.4. The van der Waals surface area contributed by atoms with Crippen LogP contribution in [0.1, 0.15) is 19.8 Å². The number of rotatable bonds is 6. The summed E-state index contributed by atoms with van der Waals surface area (Å²) < 4.78 is 41.3. The molecule has 0 aromatic rings. The molecular weight excluding hydrogens is 197 g/mol. The van der Waals surface area contributed by atoms with Crippen molar-refractivity contribution in [1.82, 2.24) is 0 Å². The molecule has 0 saturated carbocycles. The molecule has 0 aromatic carbocycles. The van der Waals surface area contributed by atoms with Crippen molar-refractivity contribution in [1.29, 1.82) is 5.41 Å². The number of ether oxygens (including phenoxy) is 1. The third-order valence-electron chi connectivity index (χ3n) is 1.70. The van der Waals surface area contributed by atoms with Gasteiger partial charge in [0.1, 0.15) is 11.8 Å². The van der Waals surface area contributed by atoms with E-state index in [1.165, 1.54) is 0 Å². The fourth-order valence-electron chi connectivity index (χ4n) is 0.808. The number of nitrogens with one attached hydrogen (secondary N) is 1. The zero-order valence-corrected chi connectivity index (χ0v) is 8.03. The normalized spacial score (nSPS) is 14.0. The summed E-state index contributed by atoms with van der Waals surface area (Å²) in [6.07, 6.45) is -2.92. The van der Waals surface area contributed by atoms with Gasteiger partial charge in [-0.1, -0.05) is 13.3 Å². The van der Waals surface area contributed by atoms with Gasteiger partial charge < -0.3 is 10.5 Å². The average molecular weight is 212 g/mol. The molecule has 0 aliphatic carbocycles. The second-order valence-electron chi connectivity index (χ2n) is 2.98. The zero-order valence-electron chi connectivity index (χ0n) is 8.03. The topological polar surface area (TPSA) is 59.1 Å². The van der Waals surface area contributed by atoms with E-state index in [1.807, 2.05) is 6.92 Å². The highest BCUT2D eigenvalue weighted by molar-refractivity contribution is 5.80. The highest BCUT2D eigenvalue weighted by Crippen LogP contribution is 2.26. The monoisotopic (exact) mass is 212 g/mol. The summed E-state index contributed by atoms with van der Waals surface area (Å²) in [7, 11) is 0. The fourth-order valence-corrected chi connectivity index (χ4v) is 0.808. The Kier molecular flexibility index (Phi) is 5.52. The van der Waals surface area contributed by atoms with Crippen LogP contribution < -0.4 is 5.73 Å². The molecule has 3 N–H and O–H groups in total. The van der Waals surface area contributed by atoms with E-state index in [9.17, 15) is 13.2 Å². The molecule has 0 bridgehead atoms. The summed E-state index contributed by atoms with van der Waals surface area (Å²) in [6, 6.07) is 0. The molecule has 0 aliphatic heterocycles. The van der Waals surface area contributed by atoms with Crippen LogP contribution in [0.4, 0.5) is 13.2 Å². The SMILES string of the molecule is CCCCOCC(C(=N)N)C(F)(F)F. The van der Waals surface area contributed by atoms with Crippen LogP contribution in [0.15, 0.2) is 0 Å². The lowest BCUT2D eigenvalue weighted by atomic mass is 10.1. The molecule has 0 rings (SSSR count). The summed E-state index contributed by atoms with van der Waals surface area (Å²) in [4.78, 5) is 0. The minimum absolute atomic E-state index is 0.274. The lowest BCUT2D eigenvalue weighted by Crippen LogP contribution is -2.38. The van der Waals surface area contributed by atoms with Crippen LogP contribution in [0.3, 0.4) is 0 Å². The molecule has 0 amide bonds. The fraction of sp³-hybridized carbons (Fsp3) is 0.875. The molecule has 1 atom stereocenters. The van der Waals surface area contributed by atoms with Gasteiger partial charge in [-0.3, -0.25) is 5.41 Å². The molecule has 84 valence electrons. The Morgan fingerprint density at radius 3 is 2.43 bits per heavy atom. The molecular formula is C8H15F3N2O. The molecule has 6 heteroatoms. The molecule has 0 heterocycles. The lowest BCUT2D eigenvalue weighted by molar-refractivity contribution is -0.168. The van der Waals surface area contributed by atoms with Gasteiger partial charge in [-0.2, -0.15) is 13.2 Å². The first kappa shape index (κ1) is 13.2. The summed E-state index contributed by atoms with van der Waals surface area (Å²) in [5, 5.41) is 6.77. The first-order valence-electron chi connectivity index (χ1n) is 4.38. The van der Waals surface area contributed by atoms with Crippen LogP contribution in [0.25, 0.3) is 0 Å². The molecule has 3 nitrogen and oxygen atoms in total. The maximum atomic E-state index is 12.2. The van der Waals surface area contributed by atoms with E-state index in [2.05, 4.69) is 0 Å². The van der Waals surface area contributed by atoms with Crippen LogP contribution in [0.5, 0.6) is 0 Å². The van der Waals surface area contributed by atoms with E-state index in [-0.39, 0.29) is 6.61 Å². The van der Waals surface area contributed by atoms with Crippen LogP contribution >= 0.6 is 0 Å². The molecule has 0 aromatic heterocycles. The third kappa shape index (κ3) is 5.06. The van der Waals surface area contributed by atoms with Crippen molar-refractivity contribution in [3.63, 3.8) is 0 Å². The lowest BCUT2D eigenvalue weighted by Gasteiger charge is -2.18. The van der Waals surface area contributed by atoms with Gasteiger partial charge in [0.15, 0.2) is 0 Å². The van der Waals surface area contributed by atoms with Crippen LogP contribution in [-0.4, -0.2) is 25.2 Å².